The number of nitrogens with zero attached hydrogens (tertiary/aromatic N) is 2. The molecule has 0 atom stereocenters. The van der Waals surface area contributed by atoms with Crippen molar-refractivity contribution in [3.63, 3.8) is 0 Å². The summed E-state index contributed by atoms with van der Waals surface area (Å²) in [7, 11) is 0. The number of hydrogen-bond acceptors (Lipinski definition) is 5. The summed E-state index contributed by atoms with van der Waals surface area (Å²) >= 11 is 0. The Balaban J connectivity index is 2.01. The zero-order valence-electron chi connectivity index (χ0n) is 12.7. The topological polar surface area (TPSA) is 94.5 Å². The third-order valence-electron chi connectivity index (χ3n) is 3.65. The summed E-state index contributed by atoms with van der Waals surface area (Å²) in [5, 5.41) is 0. The zero-order valence-corrected chi connectivity index (χ0v) is 12.7. The molecule has 1 saturated heterocycles. The molecule has 6 heteroatoms. The first-order valence-corrected chi connectivity index (χ1v) is 7.42. The molecule has 2 rings (SSSR count). The maximum absolute atomic E-state index is 11.0. The number of ether oxygens (including phenoxy) is 1. The number of primary amides is 1. The van der Waals surface area contributed by atoms with Crippen LogP contribution in [0.2, 0.25) is 0 Å². The van der Waals surface area contributed by atoms with Crippen LogP contribution in [-0.2, 0) is 4.79 Å². The normalized spacial score (nSPS) is 16.2. The molecule has 6 nitrogen and oxygen atoms in total. The van der Waals surface area contributed by atoms with Gasteiger partial charge in [-0.1, -0.05) is 0 Å². The van der Waals surface area contributed by atoms with Crippen molar-refractivity contribution in [2.45, 2.75) is 39.2 Å². The molecule has 0 radical (unpaired) electrons. The van der Waals surface area contributed by atoms with Crippen LogP contribution in [0.15, 0.2) is 12.1 Å². The average Bonchev–Trinajstić information content (AvgIpc) is 2.41. The fraction of sp³-hybridized carbons (Fsp3) is 0.600. The number of aromatic nitrogens is 1. The number of hydrogen-bond donors (Lipinski definition) is 2. The summed E-state index contributed by atoms with van der Waals surface area (Å²) in [6, 6.07) is 3.74. The number of carbonyl (C=O) groups is 1. The molecule has 0 aromatic carbocycles. The molecule has 116 valence electrons. The lowest BCUT2D eigenvalue weighted by Gasteiger charge is -2.32. The molecule has 1 fully saturated rings. The minimum absolute atomic E-state index is 0.0383. The lowest BCUT2D eigenvalue weighted by atomic mass is 9.93. The second-order valence-electron chi connectivity index (χ2n) is 5.83. The highest BCUT2D eigenvalue weighted by Crippen LogP contribution is 2.28. The van der Waals surface area contributed by atoms with Crippen molar-refractivity contribution in [1.29, 1.82) is 0 Å². The second kappa shape index (κ2) is 6.65. The van der Waals surface area contributed by atoms with Crippen molar-refractivity contribution < 1.29 is 9.53 Å². The van der Waals surface area contributed by atoms with E-state index in [4.69, 9.17) is 16.2 Å². The van der Waals surface area contributed by atoms with Crippen LogP contribution in [0.5, 0.6) is 5.88 Å². The summed E-state index contributed by atoms with van der Waals surface area (Å²) < 4.78 is 5.63. The molecule has 1 aromatic heterocycles. The van der Waals surface area contributed by atoms with E-state index in [1.807, 2.05) is 26.0 Å². The molecule has 0 spiro atoms. The lowest BCUT2D eigenvalue weighted by molar-refractivity contribution is -0.119. The first kappa shape index (κ1) is 15.4. The Hall–Kier alpha value is -1.98. The molecule has 0 unspecified atom stereocenters. The van der Waals surface area contributed by atoms with Gasteiger partial charge in [0.15, 0.2) is 0 Å². The van der Waals surface area contributed by atoms with E-state index in [0.29, 0.717) is 23.9 Å². The van der Waals surface area contributed by atoms with E-state index in [0.717, 1.165) is 31.7 Å². The Morgan fingerprint density at radius 2 is 2.10 bits per heavy atom. The van der Waals surface area contributed by atoms with Gasteiger partial charge in [-0.25, -0.2) is 0 Å². The van der Waals surface area contributed by atoms with Gasteiger partial charge in [-0.2, -0.15) is 4.98 Å². The largest absolute Gasteiger partial charge is 0.473 e. The zero-order chi connectivity index (χ0) is 15.4. The molecule has 1 amide bonds. The summed E-state index contributed by atoms with van der Waals surface area (Å²) in [5.41, 5.74) is 11.7. The first-order chi connectivity index (χ1) is 9.95. The number of rotatable bonds is 5. The quantitative estimate of drug-likeness (QED) is 0.858. The van der Waals surface area contributed by atoms with Crippen molar-refractivity contribution in [1.82, 2.24) is 4.98 Å². The average molecular weight is 292 g/mol. The van der Waals surface area contributed by atoms with Crippen LogP contribution >= 0.6 is 0 Å². The molecule has 4 N–H and O–H groups in total. The fourth-order valence-electron chi connectivity index (χ4n) is 2.59. The van der Waals surface area contributed by atoms with Gasteiger partial charge in [-0.05, 0) is 44.7 Å². The van der Waals surface area contributed by atoms with Crippen molar-refractivity contribution >= 4 is 17.4 Å². The van der Waals surface area contributed by atoms with Gasteiger partial charge in [0.25, 0.3) is 0 Å². The van der Waals surface area contributed by atoms with Crippen LogP contribution in [0.25, 0.3) is 0 Å². The number of anilines is 2. The van der Waals surface area contributed by atoms with Crippen molar-refractivity contribution in [2.75, 3.05) is 23.7 Å². The SMILES string of the molecule is CC(C)Oc1nc(N2CCC(CC(N)=O)CC2)ccc1N. The Bertz CT molecular complexity index is 496. The molecular weight excluding hydrogens is 268 g/mol. The highest BCUT2D eigenvalue weighted by atomic mass is 16.5. The summed E-state index contributed by atoms with van der Waals surface area (Å²) in [4.78, 5) is 17.7. The van der Waals surface area contributed by atoms with E-state index < -0.39 is 0 Å². The maximum Gasteiger partial charge on any atom is 0.239 e. The summed E-state index contributed by atoms with van der Waals surface area (Å²) in [6.45, 7) is 5.64. The van der Waals surface area contributed by atoms with E-state index in [-0.39, 0.29) is 12.0 Å². The van der Waals surface area contributed by atoms with E-state index in [1.165, 1.54) is 0 Å². The first-order valence-electron chi connectivity index (χ1n) is 7.42. The Labute approximate surface area is 125 Å². The van der Waals surface area contributed by atoms with E-state index in [1.54, 1.807) is 0 Å². The monoisotopic (exact) mass is 292 g/mol. The third kappa shape index (κ3) is 4.24. The molecule has 0 bridgehead atoms. The number of nitrogens with two attached hydrogens (primary N) is 2. The fourth-order valence-corrected chi connectivity index (χ4v) is 2.59. The van der Waals surface area contributed by atoms with Gasteiger partial charge in [0.2, 0.25) is 11.8 Å². The Kier molecular flexibility index (Phi) is 4.88. The predicted octanol–water partition coefficient (Wildman–Crippen LogP) is 1.54. The second-order valence-corrected chi connectivity index (χ2v) is 5.83. The smallest absolute Gasteiger partial charge is 0.239 e. The minimum Gasteiger partial charge on any atom is -0.473 e. The van der Waals surface area contributed by atoms with Crippen molar-refractivity contribution in [3.8, 4) is 5.88 Å². The van der Waals surface area contributed by atoms with E-state index >= 15 is 0 Å². The maximum atomic E-state index is 11.0. The molecule has 21 heavy (non-hydrogen) atoms. The van der Waals surface area contributed by atoms with Crippen LogP contribution in [0.4, 0.5) is 11.5 Å². The summed E-state index contributed by atoms with van der Waals surface area (Å²) in [5.74, 6) is 1.53. The van der Waals surface area contributed by atoms with Crippen LogP contribution in [0, 0.1) is 5.92 Å². The van der Waals surface area contributed by atoms with Gasteiger partial charge in [0, 0.05) is 19.5 Å². The molecule has 0 saturated carbocycles. The summed E-state index contributed by atoms with van der Waals surface area (Å²) in [6.07, 6.45) is 2.42. The number of pyridine rings is 1. The lowest BCUT2D eigenvalue weighted by Crippen LogP contribution is -2.35. The standard InChI is InChI=1S/C15H24N4O2/c1-10(2)21-15-12(16)3-4-14(18-15)19-7-5-11(6-8-19)9-13(17)20/h3-4,10-11H,5-9,16H2,1-2H3,(H2,17,20). The number of piperidine rings is 1. The van der Waals surface area contributed by atoms with E-state index in [9.17, 15) is 4.79 Å². The molecular formula is C15H24N4O2. The predicted molar refractivity (Wildman–Crippen MR) is 83.2 cm³/mol. The number of amides is 1. The molecule has 1 aromatic rings. The van der Waals surface area contributed by atoms with Crippen LogP contribution in [0.1, 0.15) is 33.1 Å². The third-order valence-corrected chi connectivity index (χ3v) is 3.65. The van der Waals surface area contributed by atoms with Crippen LogP contribution < -0.4 is 21.1 Å². The molecule has 1 aliphatic heterocycles. The molecule has 0 aliphatic carbocycles. The Morgan fingerprint density at radius 3 is 2.67 bits per heavy atom. The van der Waals surface area contributed by atoms with Gasteiger partial charge in [-0.15, -0.1) is 0 Å². The highest BCUT2D eigenvalue weighted by molar-refractivity contribution is 5.74. The molecule has 2 heterocycles. The minimum atomic E-state index is -0.216. The van der Waals surface area contributed by atoms with Crippen LogP contribution in [0.3, 0.4) is 0 Å². The van der Waals surface area contributed by atoms with Crippen molar-refractivity contribution in [3.05, 3.63) is 12.1 Å². The van der Waals surface area contributed by atoms with Gasteiger partial charge >= 0.3 is 0 Å². The van der Waals surface area contributed by atoms with Gasteiger partial charge < -0.3 is 21.1 Å². The molecule has 1 aliphatic rings. The number of nitrogen functional groups attached to an aromatic ring is 1. The van der Waals surface area contributed by atoms with Gasteiger partial charge in [0.05, 0.1) is 11.8 Å². The van der Waals surface area contributed by atoms with Gasteiger partial charge in [-0.3, -0.25) is 4.79 Å². The van der Waals surface area contributed by atoms with Crippen LogP contribution in [-0.4, -0.2) is 30.1 Å². The highest BCUT2D eigenvalue weighted by Gasteiger charge is 2.22. The van der Waals surface area contributed by atoms with Gasteiger partial charge in [0.1, 0.15) is 5.82 Å². The van der Waals surface area contributed by atoms with Crippen molar-refractivity contribution in [2.24, 2.45) is 11.7 Å². The van der Waals surface area contributed by atoms with E-state index in [2.05, 4.69) is 9.88 Å². The number of carbonyl (C=O) groups excluding carboxylic acids is 1. The Morgan fingerprint density at radius 1 is 1.43 bits per heavy atom.